The van der Waals surface area contributed by atoms with Crippen LogP contribution in [0, 0.1) is 44.3 Å². The van der Waals surface area contributed by atoms with Gasteiger partial charge in [0.05, 0.1) is 65.0 Å². The van der Waals surface area contributed by atoms with Crippen molar-refractivity contribution in [2.24, 2.45) is 21.7 Å². The van der Waals surface area contributed by atoms with Crippen LogP contribution in [0.4, 0.5) is 0 Å². The minimum Gasteiger partial charge on any atom is -0.307 e. The van der Waals surface area contributed by atoms with Crippen LogP contribution in [0.5, 0.6) is 0 Å². The van der Waals surface area contributed by atoms with Gasteiger partial charge in [0.25, 0.3) is 0 Å². The molecule has 4 saturated heterocycles. The Labute approximate surface area is 248 Å². The fraction of sp³-hybridized carbons (Fsp3) is 0.917. The van der Waals surface area contributed by atoms with Crippen molar-refractivity contribution in [2.45, 2.75) is 66.2 Å². The van der Waals surface area contributed by atoms with Crippen molar-refractivity contribution >= 4 is 30.4 Å². The van der Waals surface area contributed by atoms with Crippen molar-refractivity contribution < 1.29 is 54.5 Å². The zero-order chi connectivity index (χ0) is 31.9. The summed E-state index contributed by atoms with van der Waals surface area (Å²) >= 11 is 0. The van der Waals surface area contributed by atoms with E-state index in [1.54, 1.807) is 12.1 Å². The van der Waals surface area contributed by atoms with E-state index < -0.39 is 41.2 Å². The van der Waals surface area contributed by atoms with E-state index in [0.29, 0.717) is 0 Å². The van der Waals surface area contributed by atoms with E-state index in [1.165, 1.54) is 0 Å². The van der Waals surface area contributed by atoms with Crippen LogP contribution in [0.1, 0.15) is 55.4 Å². The number of hydrogen-bond acceptors (Lipinski definition) is 14. The summed E-state index contributed by atoms with van der Waals surface area (Å²) in [5.74, 6) is 0. The summed E-state index contributed by atoms with van der Waals surface area (Å²) in [6.45, 7) is 16.4. The third-order valence-electron chi connectivity index (χ3n) is 6.51. The Morgan fingerprint density at radius 3 is 0.690 bits per heavy atom. The molecule has 0 bridgehead atoms. The molecule has 0 aromatic heterocycles. The van der Waals surface area contributed by atoms with Gasteiger partial charge in [0.2, 0.25) is 10.8 Å². The lowest BCUT2D eigenvalue weighted by Gasteiger charge is -2.39. The van der Waals surface area contributed by atoms with Crippen LogP contribution in [0.15, 0.2) is 0 Å². The van der Waals surface area contributed by atoms with E-state index in [9.17, 15) is 28.8 Å². The Morgan fingerprint density at radius 2 is 0.571 bits per heavy atom. The zero-order valence-electron chi connectivity index (χ0n) is 25.4. The van der Waals surface area contributed by atoms with Gasteiger partial charge in [-0.1, -0.05) is 55.4 Å². The minimum atomic E-state index is -3.85. The van der Waals surface area contributed by atoms with Crippen LogP contribution >= 0.6 is 30.4 Å². The molecule has 0 aliphatic carbocycles. The molecule has 240 valence electrons. The molecule has 42 heavy (non-hydrogen) atoms. The third kappa shape index (κ3) is 8.43. The fourth-order valence-corrected chi connectivity index (χ4v) is 14.2. The molecule has 18 heteroatoms. The minimum absolute atomic E-state index is 0.161. The summed E-state index contributed by atoms with van der Waals surface area (Å²) in [6, 6.07) is 3.50. The van der Waals surface area contributed by atoms with Crippen molar-refractivity contribution in [3.05, 3.63) is 0 Å². The number of rotatable bonds is 4. The Hall–Kier alpha value is -0.420. The van der Waals surface area contributed by atoms with E-state index in [1.807, 2.05) is 55.4 Å². The normalized spacial score (nSPS) is 29.7. The topological polar surface area (TPSA) is 190 Å². The lowest BCUT2D eigenvalue weighted by molar-refractivity contribution is 0.0295. The Bertz CT molecular complexity index is 1060. The smallest absolute Gasteiger partial charge is 0.307 e. The van der Waals surface area contributed by atoms with E-state index in [0.717, 1.165) is 0 Å². The second kappa shape index (κ2) is 12.4. The molecule has 4 aliphatic rings. The molecule has 0 radical (unpaired) electrons. The average molecular weight is 674 g/mol. The predicted molar refractivity (Wildman–Crippen MR) is 152 cm³/mol. The second-order valence-corrected chi connectivity index (χ2v) is 23.3. The van der Waals surface area contributed by atoms with Crippen molar-refractivity contribution in [3.8, 4) is 12.1 Å². The van der Waals surface area contributed by atoms with Gasteiger partial charge in [-0.05, 0) is 0 Å². The van der Waals surface area contributed by atoms with Gasteiger partial charge in [-0.3, -0.25) is 18.3 Å². The number of nitriles is 2. The van der Waals surface area contributed by atoms with Gasteiger partial charge < -0.3 is 36.2 Å². The quantitative estimate of drug-likeness (QED) is 0.285. The zero-order valence-corrected chi connectivity index (χ0v) is 29.0. The molecule has 0 aromatic carbocycles. The molecule has 0 spiro atoms. The van der Waals surface area contributed by atoms with Crippen molar-refractivity contribution in [2.75, 3.05) is 52.9 Å². The SMILES string of the molecule is CC1(C)COP(=O)(C(C#N)P2(=O)OCC(C)(C)CO2)OC1.CC1(C)COP(=O)(C(C#N)P2(=O)OCC(C)(C)CO2)OC1. The lowest BCUT2D eigenvalue weighted by Crippen LogP contribution is -2.35. The predicted octanol–water partition coefficient (Wildman–Crippen LogP) is 6.74. The third-order valence-corrected chi connectivity index (χ3v) is 16.7. The first-order valence-electron chi connectivity index (χ1n) is 13.4. The largest absolute Gasteiger partial charge is 0.360 e. The van der Waals surface area contributed by atoms with Gasteiger partial charge in [-0.25, -0.2) is 0 Å². The molecule has 4 fully saturated rings. The summed E-state index contributed by atoms with van der Waals surface area (Å²) < 4.78 is 93.1. The van der Waals surface area contributed by atoms with Gasteiger partial charge in [-0.15, -0.1) is 0 Å². The van der Waals surface area contributed by atoms with Crippen LogP contribution in [-0.2, 0) is 54.5 Å². The Kier molecular flexibility index (Phi) is 10.7. The lowest BCUT2D eigenvalue weighted by atomic mass is 9.97. The molecule has 4 rings (SSSR count). The van der Waals surface area contributed by atoms with Crippen LogP contribution in [0.3, 0.4) is 0 Å². The van der Waals surface area contributed by atoms with E-state index in [4.69, 9.17) is 36.2 Å². The van der Waals surface area contributed by atoms with Crippen LogP contribution in [-0.4, -0.2) is 63.7 Å². The highest BCUT2D eigenvalue weighted by atomic mass is 31.2. The molecule has 0 saturated carbocycles. The van der Waals surface area contributed by atoms with Crippen LogP contribution in [0.2, 0.25) is 0 Å². The average Bonchev–Trinajstić information content (AvgIpc) is 2.89. The number of nitrogens with zero attached hydrogens (tertiary/aromatic N) is 2. The van der Waals surface area contributed by atoms with Gasteiger partial charge in [-0.2, -0.15) is 10.5 Å². The Morgan fingerprint density at radius 1 is 0.429 bits per heavy atom. The van der Waals surface area contributed by atoms with E-state index in [-0.39, 0.29) is 74.5 Å². The highest BCUT2D eigenvalue weighted by Crippen LogP contribution is 2.74. The van der Waals surface area contributed by atoms with Gasteiger partial charge in [0.1, 0.15) is 0 Å². The molecule has 0 atom stereocenters. The summed E-state index contributed by atoms with van der Waals surface area (Å²) in [4.78, 5) is 0. The maximum absolute atomic E-state index is 12.7. The van der Waals surface area contributed by atoms with Crippen LogP contribution in [0.25, 0.3) is 0 Å². The fourth-order valence-electron chi connectivity index (χ4n) is 3.63. The van der Waals surface area contributed by atoms with Gasteiger partial charge >= 0.3 is 30.4 Å². The van der Waals surface area contributed by atoms with Crippen LogP contribution < -0.4 is 0 Å². The highest BCUT2D eigenvalue weighted by molar-refractivity contribution is 7.73. The molecule has 14 nitrogen and oxygen atoms in total. The van der Waals surface area contributed by atoms with E-state index in [2.05, 4.69) is 0 Å². The van der Waals surface area contributed by atoms with Gasteiger partial charge in [0.15, 0.2) is 0 Å². The molecule has 4 aliphatic heterocycles. The summed E-state index contributed by atoms with van der Waals surface area (Å²) in [5.41, 5.74) is -1.23. The summed E-state index contributed by atoms with van der Waals surface area (Å²) in [5, 5.41) is 15.5. The highest BCUT2D eigenvalue weighted by Gasteiger charge is 2.58. The molecule has 4 heterocycles. The Balaban J connectivity index is 0.000000230. The van der Waals surface area contributed by atoms with Gasteiger partial charge in [0, 0.05) is 21.7 Å². The second-order valence-electron chi connectivity index (χ2n) is 14.0. The first-order chi connectivity index (χ1) is 19.0. The maximum atomic E-state index is 12.7. The first kappa shape index (κ1) is 36.1. The summed E-state index contributed by atoms with van der Waals surface area (Å²) in [7, 11) is -15.4. The molecule has 0 amide bonds. The van der Waals surface area contributed by atoms with Crippen molar-refractivity contribution in [3.63, 3.8) is 0 Å². The molecule has 0 N–H and O–H groups in total. The molecule has 0 unspecified atom stereocenters. The number of hydrogen-bond donors (Lipinski definition) is 0. The standard InChI is InChI=1S/2C12H21NO6P2/c2*1-11(2)6-16-20(14,17-7-11)10(5-13)21(15)18-8-12(3,4)9-19-21/h2*10H,6-9H2,1-4H3. The molecule has 0 aromatic rings. The molecular weight excluding hydrogens is 632 g/mol. The van der Waals surface area contributed by atoms with Crippen molar-refractivity contribution in [1.82, 2.24) is 0 Å². The first-order valence-corrected chi connectivity index (χ1v) is 19.8. The summed E-state index contributed by atoms with van der Waals surface area (Å²) in [6.07, 6.45) is 0. The van der Waals surface area contributed by atoms with Crippen molar-refractivity contribution in [1.29, 1.82) is 10.5 Å². The monoisotopic (exact) mass is 674 g/mol. The maximum Gasteiger partial charge on any atom is 0.360 e. The molecular formula is C24H42N2O12P4. The van der Waals surface area contributed by atoms with E-state index >= 15 is 0 Å².